The molecule has 0 saturated heterocycles. The molecule has 17 heavy (non-hydrogen) atoms. The van der Waals surface area contributed by atoms with Gasteiger partial charge in [-0.1, -0.05) is 11.6 Å². The third-order valence-corrected chi connectivity index (χ3v) is 3.47. The molecule has 1 fully saturated rings. The second kappa shape index (κ2) is 5.39. The lowest BCUT2D eigenvalue weighted by atomic mass is 10.1. The first-order valence-corrected chi connectivity index (χ1v) is 6.18. The van der Waals surface area contributed by atoms with E-state index in [9.17, 15) is 0 Å². The number of nitrogens with two attached hydrogens (primary N) is 1. The van der Waals surface area contributed by atoms with Gasteiger partial charge >= 0.3 is 0 Å². The fourth-order valence-electron chi connectivity index (χ4n) is 2.28. The van der Waals surface area contributed by atoms with E-state index in [-0.39, 0.29) is 6.10 Å². The summed E-state index contributed by atoms with van der Waals surface area (Å²) in [6.45, 7) is 0.632. The summed E-state index contributed by atoms with van der Waals surface area (Å²) in [5, 5.41) is 9.59. The highest BCUT2D eigenvalue weighted by molar-refractivity contribution is 6.30. The van der Waals surface area contributed by atoms with Crippen molar-refractivity contribution in [3.63, 3.8) is 0 Å². The second-order valence-electron chi connectivity index (χ2n) is 4.34. The number of nitrogens with zero attached hydrogens (tertiary/aromatic N) is 1. The van der Waals surface area contributed by atoms with Gasteiger partial charge in [0.25, 0.3) is 0 Å². The number of rotatable bonds is 3. The van der Waals surface area contributed by atoms with E-state index >= 15 is 0 Å². The van der Waals surface area contributed by atoms with E-state index in [4.69, 9.17) is 27.3 Å². The Kier molecular flexibility index (Phi) is 3.88. The van der Waals surface area contributed by atoms with Gasteiger partial charge < -0.3 is 10.5 Å². The Morgan fingerprint density at radius 1 is 1.47 bits per heavy atom. The largest absolute Gasteiger partial charge is 0.489 e. The minimum Gasteiger partial charge on any atom is -0.489 e. The van der Waals surface area contributed by atoms with Gasteiger partial charge in [0.15, 0.2) is 0 Å². The van der Waals surface area contributed by atoms with Crippen LogP contribution in [-0.4, -0.2) is 12.6 Å². The van der Waals surface area contributed by atoms with Crippen LogP contribution >= 0.6 is 11.6 Å². The summed E-state index contributed by atoms with van der Waals surface area (Å²) in [5.74, 6) is 0.964. The molecule has 0 aliphatic heterocycles. The van der Waals surface area contributed by atoms with Crippen LogP contribution in [0.5, 0.6) is 5.75 Å². The van der Waals surface area contributed by atoms with Gasteiger partial charge in [-0.25, -0.2) is 0 Å². The van der Waals surface area contributed by atoms with E-state index in [1.54, 1.807) is 18.2 Å². The Labute approximate surface area is 106 Å². The number of hydrogen-bond acceptors (Lipinski definition) is 3. The number of nitriles is 1. The van der Waals surface area contributed by atoms with Crippen molar-refractivity contribution in [2.45, 2.75) is 25.4 Å². The fraction of sp³-hybridized carbons (Fsp3) is 0.462. The summed E-state index contributed by atoms with van der Waals surface area (Å²) in [4.78, 5) is 0. The van der Waals surface area contributed by atoms with Crippen LogP contribution in [0.15, 0.2) is 18.2 Å². The predicted molar refractivity (Wildman–Crippen MR) is 67.0 cm³/mol. The zero-order valence-corrected chi connectivity index (χ0v) is 10.3. The molecule has 0 bridgehead atoms. The first-order valence-electron chi connectivity index (χ1n) is 5.81. The molecule has 2 N–H and O–H groups in total. The van der Waals surface area contributed by atoms with E-state index in [0.29, 0.717) is 28.8 Å². The number of hydrogen-bond donors (Lipinski definition) is 1. The monoisotopic (exact) mass is 250 g/mol. The van der Waals surface area contributed by atoms with Crippen molar-refractivity contribution in [2.75, 3.05) is 6.54 Å². The SMILES string of the molecule is N#Cc1ccc(Cl)cc1OC1CCCC1CN. The summed E-state index contributed by atoms with van der Waals surface area (Å²) < 4.78 is 5.89. The highest BCUT2D eigenvalue weighted by Crippen LogP contribution is 2.31. The molecule has 0 spiro atoms. The average molecular weight is 251 g/mol. The Balaban J connectivity index is 2.18. The van der Waals surface area contributed by atoms with Crippen LogP contribution in [0.4, 0.5) is 0 Å². The van der Waals surface area contributed by atoms with Gasteiger partial charge in [0.2, 0.25) is 0 Å². The molecule has 1 aliphatic rings. The summed E-state index contributed by atoms with van der Waals surface area (Å²) >= 11 is 5.92. The predicted octanol–water partition coefficient (Wildman–Crippen LogP) is 2.72. The van der Waals surface area contributed by atoms with Crippen molar-refractivity contribution in [2.24, 2.45) is 11.7 Å². The Bertz CT molecular complexity index is 442. The van der Waals surface area contributed by atoms with Crippen LogP contribution in [0.25, 0.3) is 0 Å². The average Bonchev–Trinajstić information content (AvgIpc) is 2.77. The second-order valence-corrected chi connectivity index (χ2v) is 4.77. The molecule has 1 saturated carbocycles. The maximum absolute atomic E-state index is 9.01. The van der Waals surface area contributed by atoms with Crippen LogP contribution in [0.1, 0.15) is 24.8 Å². The lowest BCUT2D eigenvalue weighted by molar-refractivity contribution is 0.162. The summed E-state index contributed by atoms with van der Waals surface area (Å²) in [6.07, 6.45) is 3.35. The summed E-state index contributed by atoms with van der Waals surface area (Å²) in [7, 11) is 0. The third-order valence-electron chi connectivity index (χ3n) is 3.23. The molecule has 0 aromatic heterocycles. The zero-order chi connectivity index (χ0) is 12.3. The van der Waals surface area contributed by atoms with Crippen LogP contribution < -0.4 is 10.5 Å². The number of halogens is 1. The minimum atomic E-state index is 0.116. The van der Waals surface area contributed by atoms with Gasteiger partial charge in [0, 0.05) is 17.0 Å². The van der Waals surface area contributed by atoms with E-state index in [2.05, 4.69) is 6.07 Å². The molecule has 3 nitrogen and oxygen atoms in total. The van der Waals surface area contributed by atoms with Crippen molar-refractivity contribution in [1.82, 2.24) is 0 Å². The highest BCUT2D eigenvalue weighted by Gasteiger charge is 2.28. The molecule has 4 heteroatoms. The van der Waals surface area contributed by atoms with Gasteiger partial charge in [0.05, 0.1) is 5.56 Å². The minimum absolute atomic E-state index is 0.116. The molecule has 0 radical (unpaired) electrons. The summed E-state index contributed by atoms with van der Waals surface area (Å²) in [5.41, 5.74) is 6.23. The third kappa shape index (κ3) is 2.71. The van der Waals surface area contributed by atoms with E-state index in [1.165, 1.54) is 0 Å². The van der Waals surface area contributed by atoms with Gasteiger partial charge in [-0.05, 0) is 37.9 Å². The topological polar surface area (TPSA) is 59.0 Å². The van der Waals surface area contributed by atoms with Crippen molar-refractivity contribution >= 4 is 11.6 Å². The normalized spacial score (nSPS) is 23.4. The van der Waals surface area contributed by atoms with Crippen molar-refractivity contribution in [1.29, 1.82) is 5.26 Å². The lowest BCUT2D eigenvalue weighted by Crippen LogP contribution is -2.27. The quantitative estimate of drug-likeness (QED) is 0.897. The molecule has 0 heterocycles. The highest BCUT2D eigenvalue weighted by atomic mass is 35.5. The van der Waals surface area contributed by atoms with E-state index < -0.39 is 0 Å². The van der Waals surface area contributed by atoms with Crippen LogP contribution in [0.3, 0.4) is 0 Å². The number of ether oxygens (including phenoxy) is 1. The molecule has 1 aromatic rings. The standard InChI is InChI=1S/C13H15ClN2O/c14-11-5-4-10(8-16)13(6-11)17-12-3-1-2-9(12)7-15/h4-6,9,12H,1-3,7,15H2. The fourth-order valence-corrected chi connectivity index (χ4v) is 2.44. The Hall–Kier alpha value is -1.24. The van der Waals surface area contributed by atoms with Crippen LogP contribution in [-0.2, 0) is 0 Å². The molecular formula is C13H15ClN2O. The van der Waals surface area contributed by atoms with Gasteiger partial charge in [-0.2, -0.15) is 5.26 Å². The van der Waals surface area contributed by atoms with Gasteiger partial charge in [-0.15, -0.1) is 0 Å². The number of benzene rings is 1. The molecule has 2 rings (SSSR count). The van der Waals surface area contributed by atoms with Crippen molar-refractivity contribution < 1.29 is 4.74 Å². The molecule has 2 unspecified atom stereocenters. The molecule has 1 aromatic carbocycles. The van der Waals surface area contributed by atoms with Crippen LogP contribution in [0.2, 0.25) is 5.02 Å². The first-order chi connectivity index (χ1) is 8.24. The molecule has 0 amide bonds. The maximum atomic E-state index is 9.01. The van der Waals surface area contributed by atoms with Gasteiger partial charge in [-0.3, -0.25) is 0 Å². The van der Waals surface area contributed by atoms with E-state index in [0.717, 1.165) is 19.3 Å². The van der Waals surface area contributed by atoms with Gasteiger partial charge in [0.1, 0.15) is 17.9 Å². The molecule has 2 atom stereocenters. The molecular weight excluding hydrogens is 236 g/mol. The molecule has 1 aliphatic carbocycles. The molecule has 90 valence electrons. The van der Waals surface area contributed by atoms with E-state index in [1.807, 2.05) is 0 Å². The zero-order valence-electron chi connectivity index (χ0n) is 9.53. The Morgan fingerprint density at radius 3 is 3.00 bits per heavy atom. The van der Waals surface area contributed by atoms with Crippen molar-refractivity contribution in [3.8, 4) is 11.8 Å². The lowest BCUT2D eigenvalue weighted by Gasteiger charge is -2.20. The van der Waals surface area contributed by atoms with Crippen LogP contribution in [0, 0.1) is 17.2 Å². The first kappa shape index (κ1) is 12.2. The Morgan fingerprint density at radius 2 is 2.29 bits per heavy atom. The van der Waals surface area contributed by atoms with Crippen molar-refractivity contribution in [3.05, 3.63) is 28.8 Å². The summed E-state index contributed by atoms with van der Waals surface area (Å²) in [6, 6.07) is 7.20. The maximum Gasteiger partial charge on any atom is 0.138 e. The smallest absolute Gasteiger partial charge is 0.138 e.